The molecule has 22 heavy (non-hydrogen) atoms. The van der Waals surface area contributed by atoms with Crippen molar-refractivity contribution in [1.29, 1.82) is 5.26 Å². The summed E-state index contributed by atoms with van der Waals surface area (Å²) in [6.45, 7) is 4.40. The number of hydrogen-bond donors (Lipinski definition) is 0. The molecule has 2 aromatic rings. The first-order chi connectivity index (χ1) is 10.5. The van der Waals surface area contributed by atoms with Crippen LogP contribution in [-0.4, -0.2) is 4.57 Å². The van der Waals surface area contributed by atoms with Gasteiger partial charge in [-0.2, -0.15) is 5.26 Å². The highest BCUT2D eigenvalue weighted by Gasteiger charge is 2.33. The van der Waals surface area contributed by atoms with Gasteiger partial charge in [0.1, 0.15) is 6.07 Å². The van der Waals surface area contributed by atoms with Crippen LogP contribution in [-0.2, 0) is 19.3 Å². The van der Waals surface area contributed by atoms with Crippen molar-refractivity contribution in [3.05, 3.63) is 62.6 Å². The molecule has 3 heteroatoms. The van der Waals surface area contributed by atoms with Gasteiger partial charge in [0.05, 0.1) is 11.3 Å². The molecule has 110 valence electrons. The topological polar surface area (TPSA) is 45.8 Å². The summed E-state index contributed by atoms with van der Waals surface area (Å²) in [5.74, 6) is 0. The SMILES string of the molecule is CC1(C)CCc2c(C#N)c3n(c(=O)c2C1)-c1ccccc1C3. The summed E-state index contributed by atoms with van der Waals surface area (Å²) in [5.41, 5.74) is 5.78. The average Bonchev–Trinajstić information content (AvgIpc) is 2.87. The lowest BCUT2D eigenvalue weighted by Crippen LogP contribution is -2.33. The zero-order chi connectivity index (χ0) is 15.5. The number of hydrogen-bond acceptors (Lipinski definition) is 2. The molecule has 0 amide bonds. The molecule has 2 aliphatic rings. The smallest absolute Gasteiger partial charge is 0.258 e. The highest BCUT2D eigenvalue weighted by Crippen LogP contribution is 2.37. The molecule has 1 aromatic carbocycles. The van der Waals surface area contributed by atoms with E-state index in [0.29, 0.717) is 6.42 Å². The van der Waals surface area contributed by atoms with E-state index in [1.807, 2.05) is 24.3 Å². The number of nitrogens with zero attached hydrogens (tertiary/aromatic N) is 2. The van der Waals surface area contributed by atoms with E-state index in [9.17, 15) is 10.1 Å². The maximum atomic E-state index is 13.1. The van der Waals surface area contributed by atoms with E-state index >= 15 is 0 Å². The Morgan fingerprint density at radius 2 is 2.00 bits per heavy atom. The number of pyridine rings is 1. The lowest BCUT2D eigenvalue weighted by molar-refractivity contribution is 0.312. The first-order valence-electron chi connectivity index (χ1n) is 7.80. The fraction of sp³-hybridized carbons (Fsp3) is 0.368. The standard InChI is InChI=1S/C19H18N2O/c1-19(2)8-7-13-14(10-19)18(22)21-16-6-4-3-5-12(16)9-17(21)15(13)11-20/h3-6H,7-10H2,1-2H3. The van der Waals surface area contributed by atoms with Crippen LogP contribution in [0.3, 0.4) is 0 Å². The van der Waals surface area contributed by atoms with Crippen molar-refractivity contribution in [3.63, 3.8) is 0 Å². The van der Waals surface area contributed by atoms with Crippen LogP contribution in [0.4, 0.5) is 0 Å². The van der Waals surface area contributed by atoms with Crippen LogP contribution in [0.5, 0.6) is 0 Å². The van der Waals surface area contributed by atoms with E-state index in [1.165, 1.54) is 0 Å². The molecule has 1 aliphatic carbocycles. The van der Waals surface area contributed by atoms with Gasteiger partial charge in [-0.15, -0.1) is 0 Å². The van der Waals surface area contributed by atoms with Crippen LogP contribution in [0, 0.1) is 16.7 Å². The van der Waals surface area contributed by atoms with Gasteiger partial charge in [-0.3, -0.25) is 9.36 Å². The van der Waals surface area contributed by atoms with Crippen molar-refractivity contribution in [1.82, 2.24) is 4.57 Å². The van der Waals surface area contributed by atoms with Crippen LogP contribution in [0.25, 0.3) is 5.69 Å². The molecule has 3 nitrogen and oxygen atoms in total. The zero-order valence-corrected chi connectivity index (χ0v) is 12.9. The number of benzene rings is 1. The first kappa shape index (κ1) is 13.3. The summed E-state index contributed by atoms with van der Waals surface area (Å²) in [6, 6.07) is 10.4. The third kappa shape index (κ3) is 1.70. The van der Waals surface area contributed by atoms with Gasteiger partial charge < -0.3 is 0 Å². The number of rotatable bonds is 0. The third-order valence-corrected chi connectivity index (χ3v) is 5.10. The Bertz CT molecular complexity index is 897. The Labute approximate surface area is 129 Å². The number of nitriles is 1. The second-order valence-corrected chi connectivity index (χ2v) is 7.18. The predicted molar refractivity (Wildman–Crippen MR) is 85.4 cm³/mol. The Morgan fingerprint density at radius 3 is 2.77 bits per heavy atom. The molecular weight excluding hydrogens is 272 g/mol. The molecule has 1 aromatic heterocycles. The second kappa shape index (κ2) is 4.33. The molecule has 0 N–H and O–H groups in total. The van der Waals surface area contributed by atoms with Crippen LogP contribution in [0.15, 0.2) is 29.1 Å². The molecule has 4 rings (SSSR count). The quantitative estimate of drug-likeness (QED) is 0.638. The molecule has 0 bridgehead atoms. The van der Waals surface area contributed by atoms with Gasteiger partial charge in [0, 0.05) is 17.7 Å². The Kier molecular flexibility index (Phi) is 2.62. The Hall–Kier alpha value is -2.34. The Balaban J connectivity index is 2.07. The van der Waals surface area contributed by atoms with Crippen molar-refractivity contribution < 1.29 is 0 Å². The van der Waals surface area contributed by atoms with E-state index < -0.39 is 0 Å². The monoisotopic (exact) mass is 290 g/mol. The first-order valence-corrected chi connectivity index (χ1v) is 7.80. The van der Waals surface area contributed by atoms with E-state index in [-0.39, 0.29) is 11.0 Å². The normalized spacial score (nSPS) is 17.3. The predicted octanol–water partition coefficient (Wildman–Crippen LogP) is 3.13. The molecule has 0 saturated carbocycles. The lowest BCUT2D eigenvalue weighted by atomic mass is 9.73. The summed E-state index contributed by atoms with van der Waals surface area (Å²) in [6.07, 6.45) is 3.32. The van der Waals surface area contributed by atoms with E-state index in [0.717, 1.165) is 52.9 Å². The van der Waals surface area contributed by atoms with E-state index in [4.69, 9.17) is 0 Å². The second-order valence-electron chi connectivity index (χ2n) is 7.18. The molecule has 0 radical (unpaired) electrons. The van der Waals surface area contributed by atoms with Gasteiger partial charge in [-0.1, -0.05) is 32.0 Å². The molecule has 0 unspecified atom stereocenters. The van der Waals surface area contributed by atoms with Crippen LogP contribution in [0.2, 0.25) is 0 Å². The van der Waals surface area contributed by atoms with Crippen molar-refractivity contribution in [2.24, 2.45) is 5.41 Å². The van der Waals surface area contributed by atoms with Crippen LogP contribution < -0.4 is 5.56 Å². The van der Waals surface area contributed by atoms with Gasteiger partial charge in [0.25, 0.3) is 5.56 Å². The summed E-state index contributed by atoms with van der Waals surface area (Å²) in [7, 11) is 0. The molecule has 0 atom stereocenters. The number of fused-ring (bicyclic) bond motifs is 4. The lowest BCUT2D eigenvalue weighted by Gasteiger charge is -2.32. The fourth-order valence-corrected chi connectivity index (χ4v) is 3.93. The maximum Gasteiger partial charge on any atom is 0.258 e. The van der Waals surface area contributed by atoms with Crippen molar-refractivity contribution in [3.8, 4) is 11.8 Å². The molecule has 0 fully saturated rings. The van der Waals surface area contributed by atoms with Crippen molar-refractivity contribution in [2.75, 3.05) is 0 Å². The number of para-hydroxylation sites is 1. The third-order valence-electron chi connectivity index (χ3n) is 5.10. The van der Waals surface area contributed by atoms with Crippen molar-refractivity contribution in [2.45, 2.75) is 39.5 Å². The van der Waals surface area contributed by atoms with Gasteiger partial charge in [-0.25, -0.2) is 0 Å². The molecule has 0 spiro atoms. The minimum atomic E-state index is 0.0849. The highest BCUT2D eigenvalue weighted by molar-refractivity contribution is 5.58. The van der Waals surface area contributed by atoms with Crippen molar-refractivity contribution >= 4 is 0 Å². The molecule has 2 heterocycles. The number of aromatic nitrogens is 1. The van der Waals surface area contributed by atoms with Gasteiger partial charge in [0.2, 0.25) is 0 Å². The zero-order valence-electron chi connectivity index (χ0n) is 12.9. The van der Waals surface area contributed by atoms with Gasteiger partial charge in [0.15, 0.2) is 0 Å². The van der Waals surface area contributed by atoms with Crippen LogP contribution >= 0.6 is 0 Å². The van der Waals surface area contributed by atoms with Gasteiger partial charge in [-0.05, 0) is 41.9 Å². The Morgan fingerprint density at radius 1 is 1.23 bits per heavy atom. The molecular formula is C19H18N2O. The summed E-state index contributed by atoms with van der Waals surface area (Å²) < 4.78 is 1.79. The average molecular weight is 290 g/mol. The molecule has 0 saturated heterocycles. The fourth-order valence-electron chi connectivity index (χ4n) is 3.93. The minimum absolute atomic E-state index is 0.0849. The largest absolute Gasteiger partial charge is 0.279 e. The summed E-state index contributed by atoms with van der Waals surface area (Å²) >= 11 is 0. The van der Waals surface area contributed by atoms with Crippen LogP contribution in [0.1, 0.15) is 48.2 Å². The van der Waals surface area contributed by atoms with E-state index in [1.54, 1.807) is 4.57 Å². The van der Waals surface area contributed by atoms with Gasteiger partial charge >= 0.3 is 0 Å². The molecule has 1 aliphatic heterocycles. The summed E-state index contributed by atoms with van der Waals surface area (Å²) in [4.78, 5) is 13.1. The van der Waals surface area contributed by atoms with E-state index in [2.05, 4.69) is 19.9 Å². The maximum absolute atomic E-state index is 13.1. The highest BCUT2D eigenvalue weighted by atomic mass is 16.1. The summed E-state index contributed by atoms with van der Waals surface area (Å²) in [5, 5.41) is 9.69. The minimum Gasteiger partial charge on any atom is -0.279 e.